The monoisotopic (exact) mass is 290 g/mol. The van der Waals surface area contributed by atoms with Crippen molar-refractivity contribution in [3.8, 4) is 0 Å². The van der Waals surface area contributed by atoms with Crippen LogP contribution in [0.4, 0.5) is 17.6 Å². The summed E-state index contributed by atoms with van der Waals surface area (Å²) in [5.74, 6) is -0.524. The van der Waals surface area contributed by atoms with Gasteiger partial charge in [-0.2, -0.15) is 18.2 Å². The average Bonchev–Trinajstić information content (AvgIpc) is 2.78. The van der Waals surface area contributed by atoms with Gasteiger partial charge >= 0.3 is 6.18 Å². The Morgan fingerprint density at radius 2 is 1.85 bits per heavy atom. The van der Waals surface area contributed by atoms with Crippen molar-refractivity contribution in [1.29, 1.82) is 0 Å². The first kappa shape index (κ1) is 14.4. The second-order valence-corrected chi connectivity index (χ2v) is 4.17. The number of aliphatic hydroxyl groups is 1. The van der Waals surface area contributed by atoms with E-state index in [0.717, 1.165) is 0 Å². The summed E-state index contributed by atoms with van der Waals surface area (Å²) in [5.41, 5.74) is 0.690. The van der Waals surface area contributed by atoms with Crippen LogP contribution in [0.2, 0.25) is 0 Å². The Morgan fingerprint density at radius 1 is 1.20 bits per heavy atom. The summed E-state index contributed by atoms with van der Waals surface area (Å²) >= 11 is 0. The zero-order valence-corrected chi connectivity index (χ0v) is 10.1. The predicted octanol–water partition coefficient (Wildman–Crippen LogP) is 2.27. The molecule has 0 aliphatic heterocycles. The van der Waals surface area contributed by atoms with Gasteiger partial charge in [-0.1, -0.05) is 17.3 Å². The highest BCUT2D eigenvalue weighted by molar-refractivity contribution is 5.19. The fourth-order valence-corrected chi connectivity index (χ4v) is 1.51. The summed E-state index contributed by atoms with van der Waals surface area (Å²) in [5, 5.41) is 12.4. The lowest BCUT2D eigenvalue weighted by Crippen LogP contribution is -2.30. The van der Waals surface area contributed by atoms with Gasteiger partial charge in [0.15, 0.2) is 11.9 Å². The van der Waals surface area contributed by atoms with Crippen molar-refractivity contribution in [1.82, 2.24) is 10.1 Å². The first-order chi connectivity index (χ1) is 9.34. The molecule has 0 bridgehead atoms. The maximum absolute atomic E-state index is 12.7. The number of rotatable bonds is 4. The van der Waals surface area contributed by atoms with Crippen molar-refractivity contribution in [3.63, 3.8) is 0 Å². The van der Waals surface area contributed by atoms with E-state index >= 15 is 0 Å². The molecule has 2 rings (SSSR count). The maximum atomic E-state index is 12.7. The fourth-order valence-electron chi connectivity index (χ4n) is 1.51. The van der Waals surface area contributed by atoms with Gasteiger partial charge in [-0.3, -0.25) is 0 Å². The fraction of sp³-hybridized carbons (Fsp3) is 0.333. The Balaban J connectivity index is 2.00. The first-order valence-electron chi connectivity index (χ1n) is 5.65. The van der Waals surface area contributed by atoms with Crippen molar-refractivity contribution in [2.75, 3.05) is 0 Å². The number of hydrogen-bond donors (Lipinski definition) is 1. The van der Waals surface area contributed by atoms with E-state index in [4.69, 9.17) is 5.11 Å². The van der Waals surface area contributed by atoms with Crippen LogP contribution in [0.15, 0.2) is 28.8 Å². The number of nitrogens with zero attached hydrogens (tertiary/aromatic N) is 2. The van der Waals surface area contributed by atoms with Crippen molar-refractivity contribution in [3.05, 3.63) is 47.4 Å². The largest absolute Gasteiger partial charge is 0.414 e. The van der Waals surface area contributed by atoms with Crippen LogP contribution in [0.1, 0.15) is 17.3 Å². The predicted molar refractivity (Wildman–Crippen MR) is 59.3 cm³/mol. The highest BCUT2D eigenvalue weighted by atomic mass is 19.4. The van der Waals surface area contributed by atoms with Gasteiger partial charge in [-0.25, -0.2) is 4.39 Å². The first-order valence-corrected chi connectivity index (χ1v) is 5.65. The molecule has 2 aromatic rings. The van der Waals surface area contributed by atoms with Crippen LogP contribution < -0.4 is 0 Å². The molecule has 0 aliphatic rings. The van der Waals surface area contributed by atoms with Crippen LogP contribution in [-0.4, -0.2) is 27.5 Å². The molecule has 20 heavy (non-hydrogen) atoms. The molecule has 1 aromatic carbocycles. The van der Waals surface area contributed by atoms with Crippen LogP contribution in [0, 0.1) is 5.82 Å². The third-order valence-electron chi connectivity index (χ3n) is 2.53. The standard InChI is InChI=1S/C12H10F4N2O2/c13-8-3-1-7(2-4-8)5-10-17-11(20-18-10)6-9(19)12(14,15)16/h1-4,9,19H,5-6H2. The minimum Gasteiger partial charge on any atom is -0.383 e. The molecular formula is C12H10F4N2O2. The lowest BCUT2D eigenvalue weighted by Gasteiger charge is -2.11. The van der Waals surface area contributed by atoms with Crippen molar-refractivity contribution < 1.29 is 27.2 Å². The highest BCUT2D eigenvalue weighted by Gasteiger charge is 2.39. The molecule has 4 nitrogen and oxygen atoms in total. The maximum Gasteiger partial charge on any atom is 0.414 e. The number of aromatic nitrogens is 2. The minimum absolute atomic E-state index is 0.168. The van der Waals surface area contributed by atoms with Gasteiger partial charge < -0.3 is 9.63 Å². The summed E-state index contributed by atoms with van der Waals surface area (Å²) in [7, 11) is 0. The zero-order valence-electron chi connectivity index (χ0n) is 10.1. The zero-order chi connectivity index (χ0) is 14.8. The average molecular weight is 290 g/mol. The van der Waals surface area contributed by atoms with E-state index < -0.39 is 24.5 Å². The topological polar surface area (TPSA) is 59.2 Å². The number of halogens is 4. The number of aliphatic hydroxyl groups excluding tert-OH is 1. The van der Waals surface area contributed by atoms with Gasteiger partial charge in [-0.05, 0) is 17.7 Å². The number of alkyl halides is 3. The van der Waals surface area contributed by atoms with Crippen LogP contribution in [-0.2, 0) is 12.8 Å². The summed E-state index contributed by atoms with van der Waals surface area (Å²) in [6.07, 6.45) is -7.86. The molecule has 0 saturated heterocycles. The third-order valence-corrected chi connectivity index (χ3v) is 2.53. The molecular weight excluding hydrogens is 280 g/mol. The van der Waals surface area contributed by atoms with Gasteiger partial charge in [0.2, 0.25) is 5.89 Å². The van der Waals surface area contributed by atoms with Crippen molar-refractivity contribution >= 4 is 0 Å². The van der Waals surface area contributed by atoms with Gasteiger partial charge in [-0.15, -0.1) is 0 Å². The lowest BCUT2D eigenvalue weighted by molar-refractivity contribution is -0.204. The summed E-state index contributed by atoms with van der Waals surface area (Å²) < 4.78 is 53.8. The molecule has 0 aliphatic carbocycles. The molecule has 1 atom stereocenters. The highest BCUT2D eigenvalue weighted by Crippen LogP contribution is 2.22. The second-order valence-electron chi connectivity index (χ2n) is 4.17. The van der Waals surface area contributed by atoms with Gasteiger partial charge in [0.1, 0.15) is 5.82 Å². The Bertz CT molecular complexity index is 566. The summed E-state index contributed by atoms with van der Waals surface area (Å²) in [6.45, 7) is 0. The van der Waals surface area contributed by atoms with Crippen LogP contribution in [0.25, 0.3) is 0 Å². The molecule has 108 valence electrons. The van der Waals surface area contributed by atoms with Crippen LogP contribution >= 0.6 is 0 Å². The van der Waals surface area contributed by atoms with E-state index in [1.807, 2.05) is 0 Å². The normalized spacial score (nSPS) is 13.4. The molecule has 0 amide bonds. The smallest absolute Gasteiger partial charge is 0.383 e. The van der Waals surface area contributed by atoms with E-state index in [1.165, 1.54) is 24.3 Å². The Hall–Kier alpha value is -1.96. The minimum atomic E-state index is -4.73. The van der Waals surface area contributed by atoms with E-state index in [1.54, 1.807) is 0 Å². The van der Waals surface area contributed by atoms with Crippen LogP contribution in [0.5, 0.6) is 0 Å². The van der Waals surface area contributed by atoms with Gasteiger partial charge in [0, 0.05) is 6.42 Å². The van der Waals surface area contributed by atoms with Gasteiger partial charge in [0.25, 0.3) is 0 Å². The Kier molecular flexibility index (Phi) is 4.03. The van der Waals surface area contributed by atoms with Crippen LogP contribution in [0.3, 0.4) is 0 Å². The molecule has 1 heterocycles. The quantitative estimate of drug-likeness (QED) is 0.878. The Morgan fingerprint density at radius 3 is 2.45 bits per heavy atom. The number of benzene rings is 1. The molecule has 0 fully saturated rings. The molecule has 0 saturated carbocycles. The van der Waals surface area contributed by atoms with Gasteiger partial charge in [0.05, 0.1) is 6.42 Å². The molecule has 0 spiro atoms. The molecule has 8 heteroatoms. The SMILES string of the molecule is OC(Cc1nc(Cc2ccc(F)cc2)no1)C(F)(F)F. The van der Waals surface area contributed by atoms with E-state index in [-0.39, 0.29) is 18.1 Å². The Labute approximate surface area is 111 Å². The third kappa shape index (κ3) is 3.77. The second kappa shape index (κ2) is 5.58. The molecule has 0 radical (unpaired) electrons. The van der Waals surface area contributed by atoms with Crippen molar-refractivity contribution in [2.45, 2.75) is 25.1 Å². The van der Waals surface area contributed by atoms with E-state index in [2.05, 4.69) is 14.7 Å². The molecule has 1 N–H and O–H groups in total. The summed E-state index contributed by atoms with van der Waals surface area (Å²) in [4.78, 5) is 3.75. The summed E-state index contributed by atoms with van der Waals surface area (Å²) in [6, 6.07) is 5.53. The van der Waals surface area contributed by atoms with E-state index in [0.29, 0.717) is 5.56 Å². The van der Waals surface area contributed by atoms with E-state index in [9.17, 15) is 17.6 Å². The molecule has 1 unspecified atom stereocenters. The van der Waals surface area contributed by atoms with Crippen molar-refractivity contribution in [2.24, 2.45) is 0 Å². The lowest BCUT2D eigenvalue weighted by atomic mass is 10.1. The number of hydrogen-bond acceptors (Lipinski definition) is 4. The molecule has 1 aromatic heterocycles.